The third kappa shape index (κ3) is 5.19. The van der Waals surface area contributed by atoms with Gasteiger partial charge in [-0.2, -0.15) is 0 Å². The molecule has 1 unspecified atom stereocenters. The second-order valence-corrected chi connectivity index (χ2v) is 4.12. The van der Waals surface area contributed by atoms with Crippen LogP contribution in [0.25, 0.3) is 6.08 Å². The maximum absolute atomic E-state index is 11.5. The average molecular weight is 310 g/mol. The Kier molecular flexibility index (Phi) is 7.07. The number of carbonyl (C=O) groups excluding carboxylic acids is 2. The number of esters is 2. The number of hydrogen-bond acceptors (Lipinski definition) is 7. The van der Waals surface area contributed by atoms with Crippen LogP contribution < -0.4 is 9.47 Å². The molecule has 0 fully saturated rings. The van der Waals surface area contributed by atoms with Gasteiger partial charge in [-0.25, -0.2) is 9.59 Å². The van der Waals surface area contributed by atoms with Crippen LogP contribution in [0.5, 0.6) is 11.5 Å². The molecule has 0 amide bonds. The van der Waals surface area contributed by atoms with Crippen molar-refractivity contribution < 1.29 is 34.0 Å². The molecule has 0 heterocycles. The highest BCUT2D eigenvalue weighted by Gasteiger charge is 2.18. The lowest BCUT2D eigenvalue weighted by Gasteiger charge is -2.11. The summed E-state index contributed by atoms with van der Waals surface area (Å²) in [5, 5.41) is 17.9. The molecule has 0 aliphatic carbocycles. The molecule has 0 bridgehead atoms. The zero-order chi connectivity index (χ0) is 16.5. The molecule has 0 spiro atoms. The van der Waals surface area contributed by atoms with Crippen molar-refractivity contribution in [3.05, 3.63) is 29.8 Å². The molecule has 0 saturated carbocycles. The Morgan fingerprint density at radius 3 is 2.64 bits per heavy atom. The van der Waals surface area contributed by atoms with E-state index in [1.807, 2.05) is 0 Å². The fraction of sp³-hybridized carbons (Fsp3) is 0.333. The van der Waals surface area contributed by atoms with E-state index in [1.165, 1.54) is 25.3 Å². The summed E-state index contributed by atoms with van der Waals surface area (Å²) in [5.74, 6) is -1.17. The molecule has 0 aliphatic rings. The first kappa shape index (κ1) is 17.7. The van der Waals surface area contributed by atoms with Crippen LogP contribution in [0.2, 0.25) is 0 Å². The summed E-state index contributed by atoms with van der Waals surface area (Å²) < 4.78 is 14.8. The smallest absolute Gasteiger partial charge is 0.342 e. The highest BCUT2D eigenvalue weighted by Crippen LogP contribution is 2.29. The van der Waals surface area contributed by atoms with Gasteiger partial charge in [-0.05, 0) is 30.7 Å². The third-order valence-electron chi connectivity index (χ3n) is 2.54. The summed E-state index contributed by atoms with van der Waals surface area (Å²) in [5.41, 5.74) is 0.565. The van der Waals surface area contributed by atoms with Gasteiger partial charge in [-0.3, -0.25) is 0 Å². The van der Waals surface area contributed by atoms with Crippen molar-refractivity contribution in [3.8, 4) is 11.5 Å². The van der Waals surface area contributed by atoms with Gasteiger partial charge >= 0.3 is 11.9 Å². The second kappa shape index (κ2) is 8.81. The van der Waals surface area contributed by atoms with Crippen LogP contribution in [0.1, 0.15) is 12.5 Å². The van der Waals surface area contributed by atoms with Crippen LogP contribution in [0.15, 0.2) is 24.3 Å². The summed E-state index contributed by atoms with van der Waals surface area (Å²) in [6, 6.07) is 4.64. The normalized spacial score (nSPS) is 12.0. The Morgan fingerprint density at radius 2 is 2.05 bits per heavy atom. The number of hydrogen-bond donors (Lipinski definition) is 2. The Labute approximate surface area is 127 Å². The quantitative estimate of drug-likeness (QED) is 0.430. The van der Waals surface area contributed by atoms with Crippen molar-refractivity contribution in [2.24, 2.45) is 0 Å². The minimum absolute atomic E-state index is 0.0611. The summed E-state index contributed by atoms with van der Waals surface area (Å²) in [6.45, 7) is 1.22. The number of rotatable bonds is 7. The average Bonchev–Trinajstić information content (AvgIpc) is 2.52. The predicted octanol–water partition coefficient (Wildman–Crippen LogP) is 0.530. The van der Waals surface area contributed by atoms with Crippen LogP contribution in [-0.4, -0.2) is 48.6 Å². The van der Waals surface area contributed by atoms with Gasteiger partial charge in [-0.1, -0.05) is 6.07 Å². The molecular formula is C15H18O7. The van der Waals surface area contributed by atoms with Gasteiger partial charge < -0.3 is 24.4 Å². The molecule has 1 rings (SSSR count). The SMILES string of the molecule is CCOC(=O)C=Cc1ccc(OC)c(OC(=O)C(O)CO)c1. The first-order chi connectivity index (χ1) is 10.5. The van der Waals surface area contributed by atoms with Crippen molar-refractivity contribution in [2.75, 3.05) is 20.3 Å². The van der Waals surface area contributed by atoms with E-state index in [1.54, 1.807) is 19.1 Å². The molecule has 0 aliphatic heterocycles. The lowest BCUT2D eigenvalue weighted by molar-refractivity contribution is -0.145. The van der Waals surface area contributed by atoms with Crippen LogP contribution in [0.4, 0.5) is 0 Å². The minimum atomic E-state index is -1.64. The topological polar surface area (TPSA) is 102 Å². The van der Waals surface area contributed by atoms with E-state index in [2.05, 4.69) is 0 Å². The van der Waals surface area contributed by atoms with Crippen molar-refractivity contribution in [1.29, 1.82) is 0 Å². The molecule has 1 aromatic rings. The molecule has 7 heteroatoms. The zero-order valence-corrected chi connectivity index (χ0v) is 12.3. The van der Waals surface area contributed by atoms with Gasteiger partial charge in [-0.15, -0.1) is 0 Å². The highest BCUT2D eigenvalue weighted by molar-refractivity contribution is 5.87. The molecule has 7 nitrogen and oxygen atoms in total. The predicted molar refractivity (Wildman–Crippen MR) is 77.4 cm³/mol. The van der Waals surface area contributed by atoms with Crippen LogP contribution >= 0.6 is 0 Å². The molecule has 0 radical (unpaired) electrons. The van der Waals surface area contributed by atoms with Crippen molar-refractivity contribution >= 4 is 18.0 Å². The Morgan fingerprint density at radius 1 is 1.32 bits per heavy atom. The third-order valence-corrected chi connectivity index (χ3v) is 2.54. The van der Waals surface area contributed by atoms with E-state index in [4.69, 9.17) is 19.3 Å². The van der Waals surface area contributed by atoms with E-state index in [-0.39, 0.29) is 18.1 Å². The van der Waals surface area contributed by atoms with Gasteiger partial charge in [0.2, 0.25) is 0 Å². The van der Waals surface area contributed by atoms with Crippen molar-refractivity contribution in [3.63, 3.8) is 0 Å². The first-order valence-electron chi connectivity index (χ1n) is 6.55. The molecule has 1 aromatic carbocycles. The monoisotopic (exact) mass is 310 g/mol. The Bertz CT molecular complexity index is 551. The number of methoxy groups -OCH3 is 1. The standard InChI is InChI=1S/C15H18O7/c1-3-21-14(18)7-5-10-4-6-12(20-2)13(8-10)22-15(19)11(17)9-16/h4-8,11,16-17H,3,9H2,1-2H3. The van der Waals surface area contributed by atoms with E-state index in [9.17, 15) is 14.7 Å². The van der Waals surface area contributed by atoms with Crippen molar-refractivity contribution in [2.45, 2.75) is 13.0 Å². The van der Waals surface area contributed by atoms with Crippen LogP contribution in [-0.2, 0) is 14.3 Å². The lowest BCUT2D eigenvalue weighted by Crippen LogP contribution is -2.28. The fourth-order valence-electron chi connectivity index (χ4n) is 1.48. The van der Waals surface area contributed by atoms with Crippen molar-refractivity contribution in [1.82, 2.24) is 0 Å². The van der Waals surface area contributed by atoms with E-state index >= 15 is 0 Å². The summed E-state index contributed by atoms with van der Waals surface area (Å²) in [6.07, 6.45) is 1.08. The maximum Gasteiger partial charge on any atom is 0.342 e. The van der Waals surface area contributed by atoms with Crippen LogP contribution in [0.3, 0.4) is 0 Å². The van der Waals surface area contributed by atoms with Gasteiger partial charge in [0.25, 0.3) is 0 Å². The number of carbonyl (C=O) groups is 2. The summed E-state index contributed by atoms with van der Waals surface area (Å²) in [4.78, 5) is 22.7. The van der Waals surface area contributed by atoms with E-state index < -0.39 is 24.6 Å². The highest BCUT2D eigenvalue weighted by atomic mass is 16.6. The number of ether oxygens (including phenoxy) is 3. The van der Waals surface area contributed by atoms with Gasteiger partial charge in [0.1, 0.15) is 0 Å². The van der Waals surface area contributed by atoms with E-state index in [0.29, 0.717) is 5.56 Å². The van der Waals surface area contributed by atoms with Crippen LogP contribution in [0, 0.1) is 0 Å². The number of aliphatic hydroxyl groups is 2. The summed E-state index contributed by atoms with van der Waals surface area (Å²) >= 11 is 0. The number of benzene rings is 1. The van der Waals surface area contributed by atoms with Gasteiger partial charge in [0, 0.05) is 6.08 Å². The fourth-order valence-corrected chi connectivity index (χ4v) is 1.48. The van der Waals surface area contributed by atoms with Gasteiger partial charge in [0.05, 0.1) is 20.3 Å². The lowest BCUT2D eigenvalue weighted by atomic mass is 10.2. The molecule has 1 atom stereocenters. The molecule has 22 heavy (non-hydrogen) atoms. The number of aliphatic hydroxyl groups excluding tert-OH is 2. The Hall–Kier alpha value is -2.38. The second-order valence-electron chi connectivity index (χ2n) is 4.12. The van der Waals surface area contributed by atoms with E-state index in [0.717, 1.165) is 0 Å². The zero-order valence-electron chi connectivity index (χ0n) is 12.3. The van der Waals surface area contributed by atoms with Gasteiger partial charge in [0.15, 0.2) is 17.6 Å². The minimum Gasteiger partial charge on any atom is -0.493 e. The molecule has 0 aromatic heterocycles. The maximum atomic E-state index is 11.5. The molecule has 2 N–H and O–H groups in total. The summed E-state index contributed by atoms with van der Waals surface area (Å²) in [7, 11) is 1.39. The molecular weight excluding hydrogens is 292 g/mol. The first-order valence-corrected chi connectivity index (χ1v) is 6.55. The molecule has 120 valence electrons. The molecule has 0 saturated heterocycles. The Balaban J connectivity index is 2.93. The largest absolute Gasteiger partial charge is 0.493 e.